The third-order valence-electron chi connectivity index (χ3n) is 5.44. The number of hydrogen-bond acceptors (Lipinski definition) is 5. The first-order valence-corrected chi connectivity index (χ1v) is 9.27. The average molecular weight is 366 g/mol. The van der Waals surface area contributed by atoms with Gasteiger partial charge in [-0.05, 0) is 61.6 Å². The standard InChI is InChI=1S/C19H24ClNO4/c1-22-16-5-3-2-4-7-21-8-6-13-9-17-18(24-12-23-17)10-14(13)15(11-21)19(16)25-20/h5,9-10,15,19H,2-4,6-8,11-12H2,1H3/b16-5+. The van der Waals surface area contributed by atoms with E-state index in [1.165, 1.54) is 17.5 Å². The molecule has 4 rings (SSSR count). The second-order valence-corrected chi connectivity index (χ2v) is 7.06. The maximum Gasteiger partial charge on any atom is 0.231 e. The molecule has 0 N–H and O–H groups in total. The first-order valence-electron chi connectivity index (χ1n) is 8.96. The molecule has 0 aliphatic carbocycles. The maximum absolute atomic E-state index is 5.96. The molecule has 0 fully saturated rings. The van der Waals surface area contributed by atoms with Crippen LogP contribution in [-0.4, -0.2) is 44.5 Å². The van der Waals surface area contributed by atoms with Crippen molar-refractivity contribution in [2.45, 2.75) is 37.7 Å². The molecule has 136 valence electrons. The van der Waals surface area contributed by atoms with Crippen molar-refractivity contribution in [3.63, 3.8) is 0 Å². The van der Waals surface area contributed by atoms with Crippen LogP contribution >= 0.6 is 11.9 Å². The molecule has 3 unspecified atom stereocenters. The van der Waals surface area contributed by atoms with Gasteiger partial charge in [-0.3, -0.25) is 4.29 Å². The van der Waals surface area contributed by atoms with Gasteiger partial charge < -0.3 is 19.1 Å². The van der Waals surface area contributed by atoms with Crippen LogP contribution in [0.4, 0.5) is 0 Å². The number of methoxy groups -OCH3 is 1. The van der Waals surface area contributed by atoms with Crippen LogP contribution in [0.25, 0.3) is 0 Å². The van der Waals surface area contributed by atoms with Gasteiger partial charge in [0.15, 0.2) is 11.5 Å². The third kappa shape index (κ3) is 3.33. The van der Waals surface area contributed by atoms with E-state index in [4.69, 9.17) is 30.4 Å². The van der Waals surface area contributed by atoms with Gasteiger partial charge in [-0.15, -0.1) is 0 Å². The molecule has 3 heterocycles. The molecule has 3 aliphatic rings. The van der Waals surface area contributed by atoms with Gasteiger partial charge >= 0.3 is 0 Å². The van der Waals surface area contributed by atoms with Crippen molar-refractivity contribution in [2.75, 3.05) is 33.5 Å². The molecular formula is C19H24ClNO4. The van der Waals surface area contributed by atoms with Crippen LogP contribution in [0.15, 0.2) is 24.0 Å². The summed E-state index contributed by atoms with van der Waals surface area (Å²) in [4.78, 5) is 2.51. The molecule has 3 aliphatic heterocycles. The number of ether oxygens (including phenoxy) is 3. The van der Waals surface area contributed by atoms with Gasteiger partial charge in [0.25, 0.3) is 0 Å². The van der Waals surface area contributed by atoms with E-state index < -0.39 is 0 Å². The molecule has 1 aromatic carbocycles. The Morgan fingerprint density at radius 3 is 2.80 bits per heavy atom. The summed E-state index contributed by atoms with van der Waals surface area (Å²) >= 11 is 5.96. The normalized spacial score (nSPS) is 30.6. The van der Waals surface area contributed by atoms with Crippen molar-refractivity contribution < 1.29 is 18.5 Å². The van der Waals surface area contributed by atoms with Crippen LogP contribution in [0, 0.1) is 0 Å². The number of allylic oxidation sites excluding steroid dienone is 1. The third-order valence-corrected chi connectivity index (χ3v) is 5.63. The lowest BCUT2D eigenvalue weighted by Gasteiger charge is -2.31. The lowest BCUT2D eigenvalue weighted by Crippen LogP contribution is -2.35. The molecule has 0 saturated heterocycles. The van der Waals surface area contributed by atoms with Crippen molar-refractivity contribution in [3.8, 4) is 11.5 Å². The zero-order valence-electron chi connectivity index (χ0n) is 14.5. The van der Waals surface area contributed by atoms with Crippen LogP contribution in [0.2, 0.25) is 0 Å². The molecule has 3 atom stereocenters. The molecule has 0 aromatic heterocycles. The number of nitrogens with zero attached hydrogens (tertiary/aromatic N) is 1. The van der Waals surface area contributed by atoms with E-state index in [-0.39, 0.29) is 18.8 Å². The smallest absolute Gasteiger partial charge is 0.231 e. The quantitative estimate of drug-likeness (QED) is 0.800. The van der Waals surface area contributed by atoms with E-state index in [0.29, 0.717) is 0 Å². The summed E-state index contributed by atoms with van der Waals surface area (Å²) in [6.45, 7) is 3.31. The van der Waals surface area contributed by atoms with Gasteiger partial charge in [-0.2, -0.15) is 0 Å². The Hall–Kier alpha value is -1.43. The summed E-state index contributed by atoms with van der Waals surface area (Å²) in [7, 11) is 1.69. The van der Waals surface area contributed by atoms with Crippen molar-refractivity contribution in [1.29, 1.82) is 0 Å². The van der Waals surface area contributed by atoms with Gasteiger partial charge in [0.2, 0.25) is 6.79 Å². The van der Waals surface area contributed by atoms with Gasteiger partial charge in [-0.1, -0.05) is 0 Å². The Morgan fingerprint density at radius 1 is 1.16 bits per heavy atom. The second kappa shape index (κ2) is 7.44. The highest BCUT2D eigenvalue weighted by atomic mass is 35.5. The van der Waals surface area contributed by atoms with Crippen molar-refractivity contribution in [3.05, 3.63) is 35.1 Å². The highest BCUT2D eigenvalue weighted by Crippen LogP contribution is 2.41. The number of halogens is 1. The van der Waals surface area contributed by atoms with Crippen molar-refractivity contribution in [2.24, 2.45) is 0 Å². The molecule has 5 nitrogen and oxygen atoms in total. The summed E-state index contributed by atoms with van der Waals surface area (Å²) in [5, 5.41) is 0. The van der Waals surface area contributed by atoms with Crippen LogP contribution in [0.1, 0.15) is 36.3 Å². The number of benzene rings is 1. The molecular weight excluding hydrogens is 342 g/mol. The maximum atomic E-state index is 5.96. The Kier molecular flexibility index (Phi) is 5.06. The minimum Gasteiger partial charge on any atom is -0.499 e. The van der Waals surface area contributed by atoms with Gasteiger partial charge in [-0.25, -0.2) is 0 Å². The highest BCUT2D eigenvalue weighted by Gasteiger charge is 2.35. The van der Waals surface area contributed by atoms with E-state index in [1.807, 2.05) is 0 Å². The van der Waals surface area contributed by atoms with Crippen LogP contribution < -0.4 is 9.47 Å². The Labute approximate surface area is 153 Å². The first kappa shape index (κ1) is 17.0. The Balaban J connectivity index is 1.79. The zero-order chi connectivity index (χ0) is 17.2. The first-order chi connectivity index (χ1) is 12.3. The molecule has 0 radical (unpaired) electrons. The molecule has 1 aromatic rings. The molecule has 6 heteroatoms. The molecule has 2 bridgehead atoms. The lowest BCUT2D eigenvalue weighted by molar-refractivity contribution is 0.115. The average Bonchev–Trinajstić information content (AvgIpc) is 3.02. The van der Waals surface area contributed by atoms with Gasteiger partial charge in [0, 0.05) is 19.0 Å². The molecule has 0 saturated carbocycles. The van der Waals surface area contributed by atoms with E-state index in [0.717, 1.165) is 56.2 Å². The van der Waals surface area contributed by atoms with Crippen molar-refractivity contribution in [1.82, 2.24) is 4.90 Å². The summed E-state index contributed by atoms with van der Waals surface area (Å²) < 4.78 is 22.3. The van der Waals surface area contributed by atoms with E-state index >= 15 is 0 Å². The molecule has 0 amide bonds. The summed E-state index contributed by atoms with van der Waals surface area (Å²) in [6.07, 6.45) is 6.11. The number of fused-ring (bicyclic) bond motifs is 5. The van der Waals surface area contributed by atoms with E-state index in [2.05, 4.69) is 23.1 Å². The predicted octanol–water partition coefficient (Wildman–Crippen LogP) is 3.61. The van der Waals surface area contributed by atoms with Crippen LogP contribution in [-0.2, 0) is 15.4 Å². The van der Waals surface area contributed by atoms with Gasteiger partial charge in [0.1, 0.15) is 11.9 Å². The molecule has 25 heavy (non-hydrogen) atoms. The predicted molar refractivity (Wildman–Crippen MR) is 95.1 cm³/mol. The van der Waals surface area contributed by atoms with Crippen LogP contribution in [0.3, 0.4) is 0 Å². The summed E-state index contributed by atoms with van der Waals surface area (Å²) in [5.41, 5.74) is 2.51. The minimum absolute atomic E-state index is 0.0915. The van der Waals surface area contributed by atoms with E-state index in [1.54, 1.807) is 7.11 Å². The van der Waals surface area contributed by atoms with Gasteiger partial charge in [0.05, 0.1) is 19.0 Å². The number of hydrogen-bond donors (Lipinski definition) is 0. The van der Waals surface area contributed by atoms with Crippen molar-refractivity contribution >= 4 is 11.9 Å². The van der Waals surface area contributed by atoms with Crippen LogP contribution in [0.5, 0.6) is 11.5 Å². The lowest BCUT2D eigenvalue weighted by atomic mass is 9.87. The molecule has 0 spiro atoms. The van der Waals surface area contributed by atoms with E-state index in [9.17, 15) is 0 Å². The SMILES string of the molecule is CO/C1=C/CCCCN2CCc3cc4c(cc3C(C2)C1OCl)OCO4. The topological polar surface area (TPSA) is 40.2 Å². The number of rotatable bonds is 2. The fourth-order valence-electron chi connectivity index (χ4n) is 4.11. The Morgan fingerprint density at radius 2 is 2.00 bits per heavy atom. The second-order valence-electron chi connectivity index (χ2n) is 6.88. The highest BCUT2D eigenvalue weighted by molar-refractivity contribution is 6.07. The monoisotopic (exact) mass is 365 g/mol. The zero-order valence-corrected chi connectivity index (χ0v) is 15.3. The Bertz CT molecular complexity index is 663. The largest absolute Gasteiger partial charge is 0.499 e. The fraction of sp³-hybridized carbons (Fsp3) is 0.579. The minimum atomic E-state index is -0.315. The summed E-state index contributed by atoms with van der Waals surface area (Å²) in [5.74, 6) is 2.54. The fourth-order valence-corrected chi connectivity index (χ4v) is 4.33. The summed E-state index contributed by atoms with van der Waals surface area (Å²) in [6, 6.07) is 4.23.